The van der Waals surface area contributed by atoms with Crippen molar-refractivity contribution in [3.8, 4) is 0 Å². The summed E-state index contributed by atoms with van der Waals surface area (Å²) in [5.41, 5.74) is 1.88. The summed E-state index contributed by atoms with van der Waals surface area (Å²) in [7, 11) is 0. The van der Waals surface area contributed by atoms with Gasteiger partial charge < -0.3 is 14.1 Å². The molecule has 1 aromatic heterocycles. The van der Waals surface area contributed by atoms with Crippen molar-refractivity contribution in [2.24, 2.45) is 0 Å². The Labute approximate surface area is 155 Å². The second kappa shape index (κ2) is 6.72. The van der Waals surface area contributed by atoms with Gasteiger partial charge >= 0.3 is 5.97 Å². The van der Waals surface area contributed by atoms with Gasteiger partial charge in [0.1, 0.15) is 5.58 Å². The summed E-state index contributed by atoms with van der Waals surface area (Å²) in [6, 6.07) is 15.4. The van der Waals surface area contributed by atoms with Gasteiger partial charge in [-0.2, -0.15) is 0 Å². The second-order valence-electron chi connectivity index (χ2n) is 6.39. The molecule has 2 heterocycles. The van der Waals surface area contributed by atoms with Gasteiger partial charge in [0.25, 0.3) is 5.91 Å². The number of anilines is 1. The van der Waals surface area contributed by atoms with Crippen LogP contribution in [0.1, 0.15) is 23.0 Å². The Morgan fingerprint density at radius 3 is 2.70 bits per heavy atom. The number of amides is 1. The average Bonchev–Trinajstić information content (AvgIpc) is 3.11. The van der Waals surface area contributed by atoms with Crippen LogP contribution in [0.5, 0.6) is 0 Å². The molecule has 0 radical (unpaired) electrons. The van der Waals surface area contributed by atoms with E-state index in [9.17, 15) is 14.4 Å². The lowest BCUT2D eigenvalue weighted by atomic mass is 10.2. The number of carbonyl (C=O) groups is 2. The average molecular weight is 363 g/mol. The van der Waals surface area contributed by atoms with Gasteiger partial charge in [-0.05, 0) is 37.1 Å². The van der Waals surface area contributed by atoms with Gasteiger partial charge in [0.2, 0.25) is 5.76 Å². The van der Waals surface area contributed by atoms with Crippen LogP contribution >= 0.6 is 0 Å². The lowest BCUT2D eigenvalue weighted by molar-refractivity contribution is -0.126. The molecule has 1 amide bonds. The van der Waals surface area contributed by atoms with Crippen LogP contribution in [0.3, 0.4) is 0 Å². The minimum atomic E-state index is -1.000. The van der Waals surface area contributed by atoms with Crippen LogP contribution in [0.4, 0.5) is 5.69 Å². The summed E-state index contributed by atoms with van der Waals surface area (Å²) in [5, 5.41) is 0.381. The van der Waals surface area contributed by atoms with E-state index < -0.39 is 12.1 Å². The van der Waals surface area contributed by atoms with Crippen molar-refractivity contribution in [3.63, 3.8) is 0 Å². The summed E-state index contributed by atoms with van der Waals surface area (Å²) < 4.78 is 10.7. The maximum Gasteiger partial charge on any atom is 0.375 e. The molecule has 0 unspecified atom stereocenters. The fourth-order valence-electron chi connectivity index (χ4n) is 3.26. The molecule has 0 saturated carbocycles. The number of fused-ring (bicyclic) bond motifs is 2. The smallest absolute Gasteiger partial charge is 0.375 e. The summed E-state index contributed by atoms with van der Waals surface area (Å²) in [6.45, 7) is 2.06. The SMILES string of the molecule is C[C@@H](OC(=O)c1cc(=O)c2ccccc2o1)C(=O)N1CCc2ccccc21. The first-order valence-corrected chi connectivity index (χ1v) is 8.68. The molecule has 27 heavy (non-hydrogen) atoms. The minimum absolute atomic E-state index is 0.222. The van der Waals surface area contributed by atoms with Gasteiger partial charge in [-0.15, -0.1) is 0 Å². The Bertz CT molecular complexity index is 1100. The van der Waals surface area contributed by atoms with Crippen molar-refractivity contribution in [1.29, 1.82) is 0 Å². The van der Waals surface area contributed by atoms with Crippen molar-refractivity contribution < 1.29 is 18.7 Å². The quantitative estimate of drug-likeness (QED) is 0.669. The molecule has 1 atom stereocenters. The third-order valence-electron chi connectivity index (χ3n) is 4.62. The van der Waals surface area contributed by atoms with E-state index in [4.69, 9.17) is 9.15 Å². The summed E-state index contributed by atoms with van der Waals surface area (Å²) in [5.74, 6) is -1.37. The van der Waals surface area contributed by atoms with E-state index in [1.165, 1.54) is 6.92 Å². The van der Waals surface area contributed by atoms with Crippen molar-refractivity contribution >= 4 is 28.5 Å². The molecule has 6 nitrogen and oxygen atoms in total. The van der Waals surface area contributed by atoms with E-state index in [-0.39, 0.29) is 17.1 Å². The largest absolute Gasteiger partial charge is 0.449 e. The number of esters is 1. The number of benzene rings is 2. The molecule has 136 valence electrons. The van der Waals surface area contributed by atoms with Gasteiger partial charge in [0.05, 0.1) is 5.39 Å². The molecule has 0 saturated heterocycles. The van der Waals surface area contributed by atoms with E-state index in [0.29, 0.717) is 17.5 Å². The maximum absolute atomic E-state index is 12.7. The first kappa shape index (κ1) is 17.0. The molecule has 6 heteroatoms. The van der Waals surface area contributed by atoms with Crippen molar-refractivity contribution in [1.82, 2.24) is 0 Å². The normalized spacial score (nSPS) is 14.0. The molecule has 4 rings (SSSR count). The Morgan fingerprint density at radius 2 is 1.85 bits per heavy atom. The van der Waals surface area contributed by atoms with Crippen LogP contribution in [0.15, 0.2) is 63.8 Å². The van der Waals surface area contributed by atoms with Gasteiger partial charge in [-0.3, -0.25) is 9.59 Å². The second-order valence-corrected chi connectivity index (χ2v) is 6.39. The highest BCUT2D eigenvalue weighted by Crippen LogP contribution is 2.28. The Kier molecular flexibility index (Phi) is 4.24. The molecule has 1 aliphatic heterocycles. The fourth-order valence-corrected chi connectivity index (χ4v) is 3.26. The third kappa shape index (κ3) is 3.10. The van der Waals surface area contributed by atoms with Crippen molar-refractivity contribution in [2.75, 3.05) is 11.4 Å². The third-order valence-corrected chi connectivity index (χ3v) is 4.62. The van der Waals surface area contributed by atoms with E-state index in [0.717, 1.165) is 23.7 Å². The van der Waals surface area contributed by atoms with E-state index in [1.807, 2.05) is 24.3 Å². The van der Waals surface area contributed by atoms with Crippen LogP contribution in [-0.4, -0.2) is 24.5 Å². The zero-order chi connectivity index (χ0) is 19.0. The van der Waals surface area contributed by atoms with E-state index >= 15 is 0 Å². The number of carbonyl (C=O) groups excluding carboxylic acids is 2. The molecule has 2 aromatic carbocycles. The first-order valence-electron chi connectivity index (χ1n) is 8.68. The number of rotatable bonds is 3. The predicted octanol–water partition coefficient (Wildman–Crippen LogP) is 2.93. The number of hydrogen-bond donors (Lipinski definition) is 0. The van der Waals surface area contributed by atoms with Crippen molar-refractivity contribution in [3.05, 3.63) is 76.1 Å². The fraction of sp³-hybridized carbons (Fsp3) is 0.190. The molecule has 0 fully saturated rings. The van der Waals surface area contributed by atoms with Gasteiger partial charge in [-0.1, -0.05) is 30.3 Å². The number of hydrogen-bond acceptors (Lipinski definition) is 5. The highest BCUT2D eigenvalue weighted by molar-refractivity contribution is 6.00. The molecule has 0 spiro atoms. The molecule has 3 aromatic rings. The highest BCUT2D eigenvalue weighted by atomic mass is 16.6. The Hall–Kier alpha value is -3.41. The highest BCUT2D eigenvalue weighted by Gasteiger charge is 2.30. The minimum Gasteiger partial charge on any atom is -0.449 e. The predicted molar refractivity (Wildman–Crippen MR) is 99.9 cm³/mol. The number of nitrogens with zero attached hydrogens (tertiary/aromatic N) is 1. The molecular weight excluding hydrogens is 346 g/mol. The molecule has 0 bridgehead atoms. The zero-order valence-electron chi connectivity index (χ0n) is 14.7. The lowest BCUT2D eigenvalue weighted by Gasteiger charge is -2.21. The van der Waals surface area contributed by atoms with Gasteiger partial charge in [0.15, 0.2) is 11.5 Å². The zero-order valence-corrected chi connectivity index (χ0v) is 14.7. The van der Waals surface area contributed by atoms with Crippen molar-refractivity contribution in [2.45, 2.75) is 19.4 Å². The number of ether oxygens (including phenoxy) is 1. The Balaban J connectivity index is 1.53. The van der Waals surface area contributed by atoms with Crippen LogP contribution in [0.2, 0.25) is 0 Å². The summed E-state index contributed by atoms with van der Waals surface area (Å²) in [4.78, 5) is 38.8. The van der Waals surface area contributed by atoms with Crippen LogP contribution in [-0.2, 0) is 16.0 Å². The maximum atomic E-state index is 12.7. The number of para-hydroxylation sites is 2. The summed E-state index contributed by atoms with van der Waals surface area (Å²) >= 11 is 0. The van der Waals surface area contributed by atoms with Gasteiger partial charge in [0, 0.05) is 18.3 Å². The van der Waals surface area contributed by atoms with Crippen LogP contribution in [0, 0.1) is 0 Å². The standard InChI is InChI=1S/C21H17NO5/c1-13(20(24)22-11-10-14-6-2-4-8-16(14)22)26-21(25)19-12-17(23)15-7-3-5-9-18(15)27-19/h2-9,12-13H,10-11H2,1H3/t13-/m1/s1. The molecular formula is C21H17NO5. The van der Waals surface area contributed by atoms with E-state index in [1.54, 1.807) is 29.2 Å². The Morgan fingerprint density at radius 1 is 1.11 bits per heavy atom. The van der Waals surface area contributed by atoms with Crippen LogP contribution < -0.4 is 10.3 Å². The first-order chi connectivity index (χ1) is 13.0. The van der Waals surface area contributed by atoms with Gasteiger partial charge in [-0.25, -0.2) is 4.79 Å². The topological polar surface area (TPSA) is 76.8 Å². The van der Waals surface area contributed by atoms with E-state index in [2.05, 4.69) is 0 Å². The molecule has 0 N–H and O–H groups in total. The monoisotopic (exact) mass is 363 g/mol. The molecule has 1 aliphatic rings. The van der Waals surface area contributed by atoms with Crippen LogP contribution in [0.25, 0.3) is 11.0 Å². The molecule has 0 aliphatic carbocycles. The summed E-state index contributed by atoms with van der Waals surface area (Å²) in [6.07, 6.45) is -0.234. The lowest BCUT2D eigenvalue weighted by Crippen LogP contribution is -2.39.